The zero-order valence-electron chi connectivity index (χ0n) is 19.1. The Balaban J connectivity index is 1.79. The SMILES string of the molecule is CCc1csc([C@H](Cc2ccc(NS(=O)(=O)O)cc2)NC(=O)[C@H](COC)Cc2ccccc2)n1. The Labute approximate surface area is 204 Å². The Kier molecular flexibility index (Phi) is 9.17. The van der Waals surface area contributed by atoms with Crippen molar-refractivity contribution in [3.63, 3.8) is 0 Å². The maximum Gasteiger partial charge on any atom is 0.357 e. The summed E-state index contributed by atoms with van der Waals surface area (Å²) >= 11 is 1.50. The second-order valence-corrected chi connectivity index (χ2v) is 9.96. The highest BCUT2D eigenvalue weighted by Gasteiger charge is 2.25. The van der Waals surface area contributed by atoms with Crippen molar-refractivity contribution in [1.29, 1.82) is 0 Å². The van der Waals surface area contributed by atoms with Crippen LogP contribution in [-0.2, 0) is 39.1 Å². The molecule has 2 atom stereocenters. The van der Waals surface area contributed by atoms with E-state index in [0.717, 1.165) is 28.2 Å². The normalized spacial score (nSPS) is 13.3. The molecule has 0 aliphatic rings. The van der Waals surface area contributed by atoms with Crippen LogP contribution < -0.4 is 10.0 Å². The van der Waals surface area contributed by atoms with Gasteiger partial charge in [-0.1, -0.05) is 49.4 Å². The number of benzene rings is 2. The van der Waals surface area contributed by atoms with Crippen molar-refractivity contribution >= 4 is 33.2 Å². The van der Waals surface area contributed by atoms with Gasteiger partial charge in [-0.15, -0.1) is 11.3 Å². The monoisotopic (exact) mass is 503 g/mol. The van der Waals surface area contributed by atoms with Gasteiger partial charge in [-0.25, -0.2) is 4.98 Å². The van der Waals surface area contributed by atoms with Gasteiger partial charge in [0.2, 0.25) is 5.91 Å². The number of methoxy groups -OCH3 is 1. The van der Waals surface area contributed by atoms with Gasteiger partial charge >= 0.3 is 10.3 Å². The van der Waals surface area contributed by atoms with Crippen LogP contribution in [0.5, 0.6) is 0 Å². The van der Waals surface area contributed by atoms with E-state index in [1.165, 1.54) is 11.3 Å². The van der Waals surface area contributed by atoms with Crippen LogP contribution in [0.25, 0.3) is 0 Å². The maximum atomic E-state index is 13.3. The molecule has 0 bridgehead atoms. The number of carbonyl (C=O) groups is 1. The third-order valence-electron chi connectivity index (χ3n) is 5.25. The van der Waals surface area contributed by atoms with Gasteiger partial charge in [0.1, 0.15) is 5.01 Å². The van der Waals surface area contributed by atoms with Crippen molar-refractivity contribution < 1.29 is 22.5 Å². The first-order valence-electron chi connectivity index (χ1n) is 10.9. The van der Waals surface area contributed by atoms with E-state index in [4.69, 9.17) is 9.29 Å². The zero-order chi connectivity index (χ0) is 24.6. The number of carbonyl (C=O) groups excluding carboxylic acids is 1. The Morgan fingerprint density at radius 3 is 2.35 bits per heavy atom. The van der Waals surface area contributed by atoms with Crippen LogP contribution in [0, 0.1) is 5.92 Å². The molecule has 3 N–H and O–H groups in total. The minimum atomic E-state index is -4.34. The Bertz CT molecular complexity index is 1160. The number of amides is 1. The third-order valence-corrected chi connectivity index (χ3v) is 6.75. The summed E-state index contributed by atoms with van der Waals surface area (Å²) in [6, 6.07) is 16.1. The molecule has 0 radical (unpaired) electrons. The molecule has 34 heavy (non-hydrogen) atoms. The van der Waals surface area contributed by atoms with Crippen molar-refractivity contribution in [2.24, 2.45) is 5.92 Å². The number of nitrogens with zero attached hydrogens (tertiary/aromatic N) is 1. The molecular weight excluding hydrogens is 474 g/mol. The summed E-state index contributed by atoms with van der Waals surface area (Å²) in [5.41, 5.74) is 3.15. The molecule has 182 valence electrons. The van der Waals surface area contributed by atoms with Gasteiger partial charge in [-0.05, 0) is 42.5 Å². The number of aromatic nitrogens is 1. The summed E-state index contributed by atoms with van der Waals surface area (Å²) in [6.07, 6.45) is 1.83. The molecule has 0 aliphatic carbocycles. The summed E-state index contributed by atoms with van der Waals surface area (Å²) in [4.78, 5) is 18.0. The fourth-order valence-electron chi connectivity index (χ4n) is 3.56. The van der Waals surface area contributed by atoms with E-state index in [1.54, 1.807) is 31.4 Å². The predicted octanol–water partition coefficient (Wildman–Crippen LogP) is 3.83. The van der Waals surface area contributed by atoms with E-state index < -0.39 is 10.3 Å². The molecule has 1 amide bonds. The first-order chi connectivity index (χ1) is 16.3. The van der Waals surface area contributed by atoms with Crippen molar-refractivity contribution in [2.45, 2.75) is 32.2 Å². The molecule has 0 aliphatic heterocycles. The molecule has 3 aromatic rings. The highest BCUT2D eigenvalue weighted by Crippen LogP contribution is 2.25. The van der Waals surface area contributed by atoms with Crippen LogP contribution in [0.1, 0.15) is 34.8 Å². The van der Waals surface area contributed by atoms with Crippen molar-refractivity contribution in [2.75, 3.05) is 18.4 Å². The topological polar surface area (TPSA) is 118 Å². The van der Waals surface area contributed by atoms with E-state index in [1.807, 2.05) is 47.4 Å². The fraction of sp³-hybridized carbons (Fsp3) is 0.333. The number of hydrogen-bond acceptors (Lipinski definition) is 6. The van der Waals surface area contributed by atoms with Crippen LogP contribution in [0.3, 0.4) is 0 Å². The number of aryl methyl sites for hydroxylation is 1. The maximum absolute atomic E-state index is 13.3. The predicted molar refractivity (Wildman–Crippen MR) is 133 cm³/mol. The van der Waals surface area contributed by atoms with Gasteiger partial charge < -0.3 is 10.1 Å². The highest BCUT2D eigenvalue weighted by molar-refractivity contribution is 7.87. The molecule has 3 rings (SSSR count). The zero-order valence-corrected chi connectivity index (χ0v) is 20.7. The minimum Gasteiger partial charge on any atom is -0.384 e. The molecule has 0 saturated heterocycles. The molecule has 8 nitrogen and oxygen atoms in total. The average molecular weight is 504 g/mol. The summed E-state index contributed by atoms with van der Waals surface area (Å²) in [5.74, 6) is -0.476. The number of nitrogens with one attached hydrogen (secondary N) is 2. The second kappa shape index (κ2) is 12.1. The fourth-order valence-corrected chi connectivity index (χ4v) is 4.94. The van der Waals surface area contributed by atoms with E-state index in [9.17, 15) is 13.2 Å². The summed E-state index contributed by atoms with van der Waals surface area (Å²) in [5, 5.41) is 5.95. The van der Waals surface area contributed by atoms with Gasteiger partial charge in [0.15, 0.2) is 0 Å². The highest BCUT2D eigenvalue weighted by atomic mass is 32.2. The summed E-state index contributed by atoms with van der Waals surface area (Å²) in [7, 11) is -2.76. The summed E-state index contributed by atoms with van der Waals surface area (Å²) < 4.78 is 38.4. The molecule has 0 fully saturated rings. The van der Waals surface area contributed by atoms with E-state index in [-0.39, 0.29) is 23.6 Å². The lowest BCUT2D eigenvalue weighted by Gasteiger charge is -2.22. The lowest BCUT2D eigenvalue weighted by Crippen LogP contribution is -2.37. The van der Waals surface area contributed by atoms with Gasteiger partial charge in [0.25, 0.3) is 0 Å². The Morgan fingerprint density at radius 1 is 1.09 bits per heavy atom. The van der Waals surface area contributed by atoms with Crippen molar-refractivity contribution in [1.82, 2.24) is 10.3 Å². The minimum absolute atomic E-state index is 0.117. The number of hydrogen-bond donors (Lipinski definition) is 3. The molecular formula is C24H29N3O5S2. The van der Waals surface area contributed by atoms with Crippen LogP contribution >= 0.6 is 11.3 Å². The Hall–Kier alpha value is -2.79. The molecule has 0 saturated carbocycles. The standard InChI is InChI=1S/C24H29N3O5S2/c1-3-20-16-33-24(25-20)22(14-18-9-11-21(12-10-18)27-34(29,30)31)26-23(28)19(15-32-2)13-17-7-5-4-6-8-17/h4-12,16,19,22,27H,3,13-15H2,1-2H3,(H,26,28)(H,29,30,31)/t19-,22-/m0/s1. The number of thiazole rings is 1. The largest absolute Gasteiger partial charge is 0.384 e. The molecule has 1 aromatic heterocycles. The first-order valence-corrected chi connectivity index (χ1v) is 13.2. The lowest BCUT2D eigenvalue weighted by molar-refractivity contribution is -0.127. The molecule has 1 heterocycles. The molecule has 2 aromatic carbocycles. The number of rotatable bonds is 12. The van der Waals surface area contributed by atoms with Gasteiger partial charge in [0.05, 0.1) is 29.9 Å². The smallest absolute Gasteiger partial charge is 0.357 e. The van der Waals surface area contributed by atoms with Crippen molar-refractivity contribution in [3.8, 4) is 0 Å². The number of ether oxygens (including phenoxy) is 1. The van der Waals surface area contributed by atoms with E-state index in [0.29, 0.717) is 19.4 Å². The Morgan fingerprint density at radius 2 is 1.76 bits per heavy atom. The molecule has 0 unspecified atom stereocenters. The van der Waals surface area contributed by atoms with Gasteiger partial charge in [-0.3, -0.25) is 14.1 Å². The first kappa shape index (κ1) is 25.8. The number of anilines is 1. The summed E-state index contributed by atoms with van der Waals surface area (Å²) in [6.45, 7) is 2.32. The van der Waals surface area contributed by atoms with E-state index in [2.05, 4.69) is 10.3 Å². The van der Waals surface area contributed by atoms with E-state index >= 15 is 0 Å². The van der Waals surface area contributed by atoms with Gasteiger partial charge in [-0.2, -0.15) is 8.42 Å². The average Bonchev–Trinajstić information content (AvgIpc) is 3.29. The second-order valence-electron chi connectivity index (χ2n) is 7.91. The van der Waals surface area contributed by atoms with Crippen LogP contribution in [0.4, 0.5) is 5.69 Å². The van der Waals surface area contributed by atoms with Crippen molar-refractivity contribution in [3.05, 3.63) is 81.8 Å². The van der Waals surface area contributed by atoms with Crippen LogP contribution in [-0.4, -0.2) is 37.6 Å². The van der Waals surface area contributed by atoms with Crippen LogP contribution in [0.15, 0.2) is 60.0 Å². The van der Waals surface area contributed by atoms with Gasteiger partial charge in [0, 0.05) is 12.5 Å². The molecule has 0 spiro atoms. The quantitative estimate of drug-likeness (QED) is 0.324. The molecule has 10 heteroatoms. The van der Waals surface area contributed by atoms with Crippen LogP contribution in [0.2, 0.25) is 0 Å². The lowest BCUT2D eigenvalue weighted by atomic mass is 9.98. The third kappa shape index (κ3) is 7.91.